The lowest BCUT2D eigenvalue weighted by Crippen LogP contribution is -2.31. The van der Waals surface area contributed by atoms with Gasteiger partial charge in [-0.25, -0.2) is 4.98 Å². The van der Waals surface area contributed by atoms with Crippen LogP contribution in [-0.2, 0) is 13.0 Å². The molecule has 2 aromatic heterocycles. The number of carbonyl (C=O) groups excluding carboxylic acids is 1. The van der Waals surface area contributed by atoms with Crippen molar-refractivity contribution in [2.24, 2.45) is 0 Å². The Morgan fingerprint density at radius 2 is 2.00 bits per heavy atom. The molecule has 1 amide bonds. The second-order valence-corrected chi connectivity index (χ2v) is 7.77. The molecule has 1 N–H and O–H groups in total. The molecule has 0 spiro atoms. The molecule has 1 aliphatic carbocycles. The van der Waals surface area contributed by atoms with Gasteiger partial charge in [-0.2, -0.15) is 5.10 Å². The van der Waals surface area contributed by atoms with E-state index in [1.165, 1.54) is 11.1 Å². The van der Waals surface area contributed by atoms with Gasteiger partial charge in [0.05, 0.1) is 29.0 Å². The monoisotopic (exact) mass is 396 g/mol. The maximum absolute atomic E-state index is 13.4. The molecule has 0 unspecified atom stereocenters. The van der Waals surface area contributed by atoms with E-state index in [1.807, 2.05) is 48.1 Å². The maximum atomic E-state index is 13.4. The summed E-state index contributed by atoms with van der Waals surface area (Å²) in [6.45, 7) is 2.84. The van der Waals surface area contributed by atoms with Gasteiger partial charge >= 0.3 is 0 Å². The molecule has 0 saturated carbocycles. The Bertz CT molecular complexity index is 1230. The van der Waals surface area contributed by atoms with E-state index in [2.05, 4.69) is 34.7 Å². The second-order valence-electron chi connectivity index (χ2n) is 7.77. The van der Waals surface area contributed by atoms with Crippen molar-refractivity contribution < 1.29 is 4.79 Å². The van der Waals surface area contributed by atoms with Crippen molar-refractivity contribution in [2.45, 2.75) is 38.8 Å². The third kappa shape index (κ3) is 3.36. The van der Waals surface area contributed by atoms with Gasteiger partial charge in [0.2, 0.25) is 0 Å². The van der Waals surface area contributed by atoms with Crippen LogP contribution in [0.3, 0.4) is 0 Å². The Morgan fingerprint density at radius 1 is 1.17 bits per heavy atom. The third-order valence-electron chi connectivity index (χ3n) is 5.89. The van der Waals surface area contributed by atoms with Crippen molar-refractivity contribution in [1.82, 2.24) is 20.1 Å². The molecule has 1 atom stereocenters. The van der Waals surface area contributed by atoms with Gasteiger partial charge in [-0.3, -0.25) is 9.48 Å². The van der Waals surface area contributed by atoms with Gasteiger partial charge in [-0.15, -0.1) is 0 Å². The number of benzene rings is 2. The molecule has 150 valence electrons. The third-order valence-corrected chi connectivity index (χ3v) is 5.89. The van der Waals surface area contributed by atoms with Crippen molar-refractivity contribution in [2.75, 3.05) is 0 Å². The Balaban J connectivity index is 1.54. The van der Waals surface area contributed by atoms with Crippen LogP contribution >= 0.6 is 0 Å². The number of hydrogen-bond acceptors (Lipinski definition) is 3. The van der Waals surface area contributed by atoms with Crippen LogP contribution in [0.25, 0.3) is 22.2 Å². The Kier molecular flexibility index (Phi) is 4.79. The highest BCUT2D eigenvalue weighted by atomic mass is 16.1. The van der Waals surface area contributed by atoms with Gasteiger partial charge in [0.25, 0.3) is 5.91 Å². The van der Waals surface area contributed by atoms with Crippen molar-refractivity contribution >= 4 is 16.8 Å². The zero-order chi connectivity index (χ0) is 20.5. The number of aryl methyl sites for hydroxylation is 2. The Hall–Kier alpha value is -3.47. The molecule has 1 aliphatic rings. The minimum absolute atomic E-state index is 0.0423. The highest BCUT2D eigenvalue weighted by Gasteiger charge is 2.23. The SMILES string of the molecule is CCn1cc(-c2cc(C(=O)N[C@@H]3CCCc4ccccc43)c3ccccc3n2)cn1. The van der Waals surface area contributed by atoms with E-state index in [1.54, 1.807) is 6.20 Å². The number of nitrogens with zero attached hydrogens (tertiary/aromatic N) is 3. The van der Waals surface area contributed by atoms with Crippen LogP contribution in [0.4, 0.5) is 0 Å². The summed E-state index contributed by atoms with van der Waals surface area (Å²) < 4.78 is 1.87. The molecule has 4 aromatic rings. The number of pyridine rings is 1. The molecule has 2 heterocycles. The van der Waals surface area contributed by atoms with Crippen molar-refractivity contribution in [3.05, 3.63) is 83.7 Å². The van der Waals surface area contributed by atoms with Crippen LogP contribution in [0, 0.1) is 0 Å². The number of hydrogen-bond donors (Lipinski definition) is 1. The molecule has 2 aromatic carbocycles. The first-order valence-corrected chi connectivity index (χ1v) is 10.5. The highest BCUT2D eigenvalue weighted by Crippen LogP contribution is 2.31. The van der Waals surface area contributed by atoms with Crippen LogP contribution in [-0.4, -0.2) is 20.7 Å². The average molecular weight is 396 g/mol. The van der Waals surface area contributed by atoms with Gasteiger partial charge in [-0.1, -0.05) is 42.5 Å². The number of fused-ring (bicyclic) bond motifs is 2. The van der Waals surface area contributed by atoms with E-state index in [-0.39, 0.29) is 11.9 Å². The number of nitrogens with one attached hydrogen (secondary N) is 1. The molecule has 5 rings (SSSR count). The zero-order valence-corrected chi connectivity index (χ0v) is 17.0. The fraction of sp³-hybridized carbons (Fsp3) is 0.240. The maximum Gasteiger partial charge on any atom is 0.252 e. The second kappa shape index (κ2) is 7.75. The van der Waals surface area contributed by atoms with Gasteiger partial charge in [0, 0.05) is 23.7 Å². The van der Waals surface area contributed by atoms with E-state index in [0.29, 0.717) is 5.56 Å². The van der Waals surface area contributed by atoms with E-state index in [0.717, 1.165) is 48.0 Å². The first-order chi connectivity index (χ1) is 14.7. The normalized spacial score (nSPS) is 15.7. The summed E-state index contributed by atoms with van der Waals surface area (Å²) in [6, 6.07) is 18.2. The summed E-state index contributed by atoms with van der Waals surface area (Å²) in [6.07, 6.45) is 6.89. The topological polar surface area (TPSA) is 59.8 Å². The summed E-state index contributed by atoms with van der Waals surface area (Å²) >= 11 is 0. The molecule has 5 nitrogen and oxygen atoms in total. The van der Waals surface area contributed by atoms with E-state index >= 15 is 0 Å². The standard InChI is InChI=1S/C25H24N4O/c1-2-29-16-18(15-26-29)24-14-21(20-11-5-6-12-23(20)27-24)25(30)28-22-13-7-9-17-8-3-4-10-19(17)22/h3-6,8,10-12,14-16,22H,2,7,9,13H2,1H3,(H,28,30)/t22-/m1/s1. The smallest absolute Gasteiger partial charge is 0.252 e. The van der Waals surface area contributed by atoms with Crippen LogP contribution in [0.15, 0.2) is 67.0 Å². The molecule has 0 aliphatic heterocycles. The Morgan fingerprint density at radius 3 is 2.87 bits per heavy atom. The summed E-state index contributed by atoms with van der Waals surface area (Å²) in [5.74, 6) is -0.0561. The number of rotatable bonds is 4. The fourth-order valence-electron chi connectivity index (χ4n) is 4.32. The lowest BCUT2D eigenvalue weighted by atomic mass is 9.87. The molecule has 5 heteroatoms. The van der Waals surface area contributed by atoms with Gasteiger partial charge in [-0.05, 0) is 49.4 Å². The number of amides is 1. The zero-order valence-electron chi connectivity index (χ0n) is 17.0. The van der Waals surface area contributed by atoms with Gasteiger partial charge in [0.1, 0.15) is 0 Å². The minimum Gasteiger partial charge on any atom is -0.345 e. The lowest BCUT2D eigenvalue weighted by Gasteiger charge is -2.26. The van der Waals surface area contributed by atoms with E-state index < -0.39 is 0 Å². The quantitative estimate of drug-likeness (QED) is 0.532. The number of para-hydroxylation sites is 1. The van der Waals surface area contributed by atoms with Crippen LogP contribution in [0.2, 0.25) is 0 Å². The van der Waals surface area contributed by atoms with Crippen LogP contribution < -0.4 is 5.32 Å². The fourth-order valence-corrected chi connectivity index (χ4v) is 4.32. The van der Waals surface area contributed by atoms with Gasteiger partial charge < -0.3 is 5.32 Å². The first kappa shape index (κ1) is 18.6. The summed E-state index contributed by atoms with van der Waals surface area (Å²) in [5.41, 5.74) is 5.72. The number of carbonyl (C=O) groups is 1. The largest absolute Gasteiger partial charge is 0.345 e. The molecule has 0 saturated heterocycles. The van der Waals surface area contributed by atoms with E-state index in [4.69, 9.17) is 4.98 Å². The minimum atomic E-state index is -0.0561. The predicted octanol–water partition coefficient (Wildman–Crippen LogP) is 4.93. The van der Waals surface area contributed by atoms with Crippen molar-refractivity contribution in [1.29, 1.82) is 0 Å². The van der Waals surface area contributed by atoms with E-state index in [9.17, 15) is 4.79 Å². The highest BCUT2D eigenvalue weighted by molar-refractivity contribution is 6.07. The first-order valence-electron chi connectivity index (χ1n) is 10.5. The predicted molar refractivity (Wildman–Crippen MR) is 118 cm³/mol. The average Bonchev–Trinajstić information content (AvgIpc) is 3.28. The van der Waals surface area contributed by atoms with Crippen LogP contribution in [0.1, 0.15) is 47.3 Å². The summed E-state index contributed by atoms with van der Waals surface area (Å²) in [5, 5.41) is 8.52. The van der Waals surface area contributed by atoms with Gasteiger partial charge in [0.15, 0.2) is 0 Å². The molecule has 0 radical (unpaired) electrons. The summed E-state index contributed by atoms with van der Waals surface area (Å²) in [7, 11) is 0. The molecular weight excluding hydrogens is 372 g/mol. The number of aromatic nitrogens is 3. The summed E-state index contributed by atoms with van der Waals surface area (Å²) in [4.78, 5) is 18.2. The molecule has 0 fully saturated rings. The van der Waals surface area contributed by atoms with Crippen LogP contribution in [0.5, 0.6) is 0 Å². The van der Waals surface area contributed by atoms with Crippen molar-refractivity contribution in [3.8, 4) is 11.3 Å². The van der Waals surface area contributed by atoms with Crippen molar-refractivity contribution in [3.63, 3.8) is 0 Å². The molecular formula is C25H24N4O. The lowest BCUT2D eigenvalue weighted by molar-refractivity contribution is 0.0934. The molecule has 0 bridgehead atoms. The Labute approximate surface area is 175 Å². The molecule has 30 heavy (non-hydrogen) atoms.